The summed E-state index contributed by atoms with van der Waals surface area (Å²) in [4.78, 5) is 4.77. The first-order valence-corrected chi connectivity index (χ1v) is 9.46. The third kappa shape index (κ3) is 4.07. The van der Waals surface area contributed by atoms with Crippen molar-refractivity contribution in [2.45, 2.75) is 32.5 Å². The van der Waals surface area contributed by atoms with Gasteiger partial charge < -0.3 is 9.30 Å². The standard InChI is InChI=1S/C21H24N2OS/c1-15(2)14-23-19-10-6-5-9-18(19)22-21(23)25-13-12-24-20-11-7-8-16(3)17(20)4/h5-11H,1,12-14H2,2-4H3. The molecule has 0 saturated carbocycles. The first-order chi connectivity index (χ1) is 12.1. The Hall–Kier alpha value is -2.20. The Morgan fingerprint density at radius 1 is 1.16 bits per heavy atom. The number of thioether (sulfide) groups is 1. The van der Waals surface area contributed by atoms with E-state index in [1.807, 2.05) is 25.1 Å². The van der Waals surface area contributed by atoms with Crippen LogP contribution in [0.25, 0.3) is 11.0 Å². The quantitative estimate of drug-likeness (QED) is 0.324. The fraction of sp³-hybridized carbons (Fsp3) is 0.286. The molecule has 3 aromatic rings. The zero-order valence-electron chi connectivity index (χ0n) is 15.1. The van der Waals surface area contributed by atoms with Gasteiger partial charge in [0.1, 0.15) is 5.75 Å². The molecule has 4 heteroatoms. The number of ether oxygens (including phenoxy) is 1. The molecule has 0 aliphatic heterocycles. The minimum atomic E-state index is 0.658. The highest BCUT2D eigenvalue weighted by molar-refractivity contribution is 7.99. The maximum Gasteiger partial charge on any atom is 0.169 e. The maximum absolute atomic E-state index is 5.96. The molecule has 0 N–H and O–H groups in total. The van der Waals surface area contributed by atoms with Gasteiger partial charge in [0.25, 0.3) is 0 Å². The van der Waals surface area contributed by atoms with Crippen LogP contribution in [0.5, 0.6) is 5.75 Å². The van der Waals surface area contributed by atoms with E-state index in [4.69, 9.17) is 9.72 Å². The van der Waals surface area contributed by atoms with Crippen molar-refractivity contribution in [2.75, 3.05) is 12.4 Å². The molecule has 0 bridgehead atoms. The van der Waals surface area contributed by atoms with Crippen molar-refractivity contribution in [3.63, 3.8) is 0 Å². The normalized spacial score (nSPS) is 11.0. The number of rotatable bonds is 7. The van der Waals surface area contributed by atoms with Crippen molar-refractivity contribution >= 4 is 22.8 Å². The second kappa shape index (κ2) is 7.79. The molecule has 0 aliphatic carbocycles. The molecule has 1 heterocycles. The number of hydrogen-bond donors (Lipinski definition) is 0. The summed E-state index contributed by atoms with van der Waals surface area (Å²) in [5.74, 6) is 1.82. The van der Waals surface area contributed by atoms with Crippen LogP contribution in [0, 0.1) is 13.8 Å². The van der Waals surface area contributed by atoms with Crippen LogP contribution in [0.2, 0.25) is 0 Å². The van der Waals surface area contributed by atoms with Crippen molar-refractivity contribution in [2.24, 2.45) is 0 Å². The van der Waals surface area contributed by atoms with E-state index >= 15 is 0 Å². The van der Waals surface area contributed by atoms with E-state index in [0.29, 0.717) is 6.61 Å². The zero-order chi connectivity index (χ0) is 17.8. The third-order valence-corrected chi connectivity index (χ3v) is 5.12. The van der Waals surface area contributed by atoms with E-state index in [0.717, 1.165) is 39.8 Å². The molecule has 25 heavy (non-hydrogen) atoms. The molecule has 0 unspecified atom stereocenters. The second-order valence-corrected chi connectivity index (χ2v) is 7.38. The van der Waals surface area contributed by atoms with E-state index in [-0.39, 0.29) is 0 Å². The lowest BCUT2D eigenvalue weighted by Crippen LogP contribution is -2.05. The summed E-state index contributed by atoms with van der Waals surface area (Å²) < 4.78 is 8.20. The first kappa shape index (κ1) is 17.6. The van der Waals surface area contributed by atoms with Gasteiger partial charge in [0, 0.05) is 12.3 Å². The summed E-state index contributed by atoms with van der Waals surface area (Å²) in [6, 6.07) is 14.4. The molecule has 0 saturated heterocycles. The van der Waals surface area contributed by atoms with Gasteiger partial charge in [-0.15, -0.1) is 0 Å². The highest BCUT2D eigenvalue weighted by Gasteiger charge is 2.11. The van der Waals surface area contributed by atoms with E-state index in [2.05, 4.69) is 49.3 Å². The van der Waals surface area contributed by atoms with Gasteiger partial charge in [0.05, 0.1) is 17.6 Å². The predicted octanol–water partition coefficient (Wildman–Crippen LogP) is 5.40. The summed E-state index contributed by atoms with van der Waals surface area (Å²) in [5.41, 5.74) is 5.78. The molecular weight excluding hydrogens is 328 g/mol. The van der Waals surface area contributed by atoms with Crippen LogP contribution < -0.4 is 4.74 Å². The van der Waals surface area contributed by atoms with Gasteiger partial charge in [-0.2, -0.15) is 0 Å². The Labute approximate surface area is 153 Å². The lowest BCUT2D eigenvalue weighted by atomic mass is 10.1. The minimum absolute atomic E-state index is 0.658. The van der Waals surface area contributed by atoms with E-state index in [9.17, 15) is 0 Å². The number of aromatic nitrogens is 2. The smallest absolute Gasteiger partial charge is 0.169 e. The summed E-state index contributed by atoms with van der Waals surface area (Å²) >= 11 is 1.73. The Morgan fingerprint density at radius 3 is 2.76 bits per heavy atom. The maximum atomic E-state index is 5.96. The van der Waals surface area contributed by atoms with Crippen molar-refractivity contribution in [3.8, 4) is 5.75 Å². The van der Waals surface area contributed by atoms with Gasteiger partial charge in [-0.05, 0) is 50.1 Å². The minimum Gasteiger partial charge on any atom is -0.492 e. The number of hydrogen-bond acceptors (Lipinski definition) is 3. The monoisotopic (exact) mass is 352 g/mol. The summed E-state index contributed by atoms with van der Waals surface area (Å²) in [6.07, 6.45) is 0. The van der Waals surface area contributed by atoms with Crippen molar-refractivity contribution in [1.82, 2.24) is 9.55 Å². The van der Waals surface area contributed by atoms with Gasteiger partial charge in [0.15, 0.2) is 5.16 Å². The van der Waals surface area contributed by atoms with Gasteiger partial charge >= 0.3 is 0 Å². The fourth-order valence-electron chi connectivity index (χ4n) is 2.75. The molecule has 0 aliphatic rings. The van der Waals surface area contributed by atoms with Crippen LogP contribution in [0.1, 0.15) is 18.1 Å². The number of para-hydroxylation sites is 2. The average Bonchev–Trinajstić information content (AvgIpc) is 2.92. The topological polar surface area (TPSA) is 27.1 Å². The summed E-state index contributed by atoms with van der Waals surface area (Å²) in [5, 5.41) is 1.02. The van der Waals surface area contributed by atoms with Crippen LogP contribution in [0.4, 0.5) is 0 Å². The third-order valence-electron chi connectivity index (χ3n) is 4.17. The number of fused-ring (bicyclic) bond motifs is 1. The number of imidazole rings is 1. The highest BCUT2D eigenvalue weighted by atomic mass is 32.2. The Bertz CT molecular complexity index is 898. The fourth-order valence-corrected chi connectivity index (χ4v) is 3.58. The van der Waals surface area contributed by atoms with Crippen LogP contribution in [-0.4, -0.2) is 21.9 Å². The summed E-state index contributed by atoms with van der Waals surface area (Å²) in [7, 11) is 0. The average molecular weight is 353 g/mol. The van der Waals surface area contributed by atoms with Crippen molar-refractivity contribution in [1.29, 1.82) is 0 Å². The van der Waals surface area contributed by atoms with Gasteiger partial charge in [-0.25, -0.2) is 4.98 Å². The Kier molecular flexibility index (Phi) is 5.49. The Morgan fingerprint density at radius 2 is 1.96 bits per heavy atom. The molecule has 0 atom stereocenters. The predicted molar refractivity (Wildman–Crippen MR) is 107 cm³/mol. The van der Waals surface area contributed by atoms with Crippen LogP contribution in [-0.2, 0) is 6.54 Å². The van der Waals surface area contributed by atoms with Gasteiger partial charge in [0.2, 0.25) is 0 Å². The molecule has 1 aromatic heterocycles. The van der Waals surface area contributed by atoms with Crippen LogP contribution >= 0.6 is 11.8 Å². The number of allylic oxidation sites excluding steroid dienone is 1. The van der Waals surface area contributed by atoms with Crippen LogP contribution in [0.15, 0.2) is 59.8 Å². The van der Waals surface area contributed by atoms with Crippen LogP contribution in [0.3, 0.4) is 0 Å². The van der Waals surface area contributed by atoms with Gasteiger partial charge in [-0.1, -0.05) is 48.2 Å². The molecule has 130 valence electrons. The van der Waals surface area contributed by atoms with Gasteiger partial charge in [-0.3, -0.25) is 0 Å². The molecule has 3 rings (SSSR count). The largest absolute Gasteiger partial charge is 0.492 e. The van der Waals surface area contributed by atoms with E-state index in [1.165, 1.54) is 11.1 Å². The first-order valence-electron chi connectivity index (χ1n) is 8.47. The van der Waals surface area contributed by atoms with Crippen molar-refractivity contribution < 1.29 is 4.74 Å². The Balaban J connectivity index is 1.68. The second-order valence-electron chi connectivity index (χ2n) is 6.32. The molecule has 0 amide bonds. The number of nitrogens with zero attached hydrogens (tertiary/aromatic N) is 2. The zero-order valence-corrected chi connectivity index (χ0v) is 15.9. The number of benzene rings is 2. The molecule has 3 nitrogen and oxygen atoms in total. The lowest BCUT2D eigenvalue weighted by molar-refractivity contribution is 0.341. The summed E-state index contributed by atoms with van der Waals surface area (Å²) in [6.45, 7) is 11.8. The molecule has 0 spiro atoms. The van der Waals surface area contributed by atoms with E-state index in [1.54, 1.807) is 11.8 Å². The van der Waals surface area contributed by atoms with Crippen molar-refractivity contribution in [3.05, 3.63) is 65.7 Å². The number of aryl methyl sites for hydroxylation is 1. The highest BCUT2D eigenvalue weighted by Crippen LogP contribution is 2.26. The molecule has 0 radical (unpaired) electrons. The SMILES string of the molecule is C=C(C)Cn1c(SCCOc2cccc(C)c2C)nc2ccccc21. The lowest BCUT2D eigenvalue weighted by Gasteiger charge is -2.11. The van der Waals surface area contributed by atoms with E-state index < -0.39 is 0 Å². The molecular formula is C21H24N2OS. The molecule has 2 aromatic carbocycles. The molecule has 0 fully saturated rings.